The lowest BCUT2D eigenvalue weighted by Gasteiger charge is -2.09. The van der Waals surface area contributed by atoms with Crippen molar-refractivity contribution in [2.75, 3.05) is 0 Å². The van der Waals surface area contributed by atoms with Crippen molar-refractivity contribution in [1.29, 1.82) is 0 Å². The zero-order chi connectivity index (χ0) is 17.9. The summed E-state index contributed by atoms with van der Waals surface area (Å²) in [6, 6.07) is 26.4. The molecule has 3 aromatic carbocycles. The first-order chi connectivity index (χ1) is 12.7. The van der Waals surface area contributed by atoms with Crippen LogP contribution >= 0.6 is 0 Å². The second-order valence-electron chi connectivity index (χ2n) is 7.08. The molecule has 128 valence electrons. The average molecular weight is 336 g/mol. The largest absolute Gasteiger partial charge is 0.0949 e. The van der Waals surface area contributed by atoms with Crippen molar-refractivity contribution in [3.8, 4) is 0 Å². The Labute approximate surface area is 156 Å². The van der Waals surface area contributed by atoms with Gasteiger partial charge in [0.2, 0.25) is 0 Å². The van der Waals surface area contributed by atoms with E-state index in [1.54, 1.807) is 0 Å². The van der Waals surface area contributed by atoms with E-state index < -0.39 is 0 Å². The van der Waals surface area contributed by atoms with Crippen molar-refractivity contribution >= 4 is 17.2 Å². The van der Waals surface area contributed by atoms with Crippen molar-refractivity contribution in [2.24, 2.45) is 0 Å². The molecule has 0 N–H and O–H groups in total. The van der Waals surface area contributed by atoms with Crippen LogP contribution in [0.5, 0.6) is 0 Å². The van der Waals surface area contributed by atoms with Gasteiger partial charge in [0.05, 0.1) is 0 Å². The molecule has 0 unspecified atom stereocenters. The summed E-state index contributed by atoms with van der Waals surface area (Å²) in [6.07, 6.45) is 5.34. The van der Waals surface area contributed by atoms with Crippen molar-refractivity contribution in [3.63, 3.8) is 0 Å². The molecule has 0 radical (unpaired) electrons. The maximum absolute atomic E-state index is 4.32. The third-order valence-corrected chi connectivity index (χ3v) is 5.25. The Kier molecular flexibility index (Phi) is 4.58. The van der Waals surface area contributed by atoms with Gasteiger partial charge in [0.15, 0.2) is 0 Å². The Balaban J connectivity index is 1.53. The molecule has 0 fully saturated rings. The fraction of sp³-hybridized carbons (Fsp3) is 0.154. The summed E-state index contributed by atoms with van der Waals surface area (Å²) >= 11 is 0. The van der Waals surface area contributed by atoms with E-state index in [1.807, 2.05) is 0 Å². The summed E-state index contributed by atoms with van der Waals surface area (Å²) in [5.41, 5.74) is 10.6. The molecule has 0 saturated carbocycles. The Morgan fingerprint density at radius 3 is 2.35 bits per heavy atom. The van der Waals surface area contributed by atoms with Crippen LogP contribution in [0.4, 0.5) is 0 Å². The highest BCUT2D eigenvalue weighted by Crippen LogP contribution is 2.32. The number of fused-ring (bicyclic) bond motifs is 1. The highest BCUT2D eigenvalue weighted by molar-refractivity contribution is 5.88. The average Bonchev–Trinajstić information content (AvgIpc) is 3.12. The normalized spacial score (nSPS) is 12.6. The van der Waals surface area contributed by atoms with Gasteiger partial charge in [-0.2, -0.15) is 0 Å². The third kappa shape index (κ3) is 3.41. The van der Waals surface area contributed by atoms with Gasteiger partial charge in [-0.15, -0.1) is 0 Å². The molecule has 3 aromatic rings. The maximum atomic E-state index is 4.32. The minimum absolute atomic E-state index is 0.896. The Morgan fingerprint density at radius 2 is 1.62 bits per heavy atom. The van der Waals surface area contributed by atoms with Gasteiger partial charge in [-0.25, -0.2) is 0 Å². The smallest absolute Gasteiger partial charge is 0.00137 e. The fourth-order valence-electron chi connectivity index (χ4n) is 3.66. The first kappa shape index (κ1) is 16.6. The SMILES string of the molecule is C=C(Cc1ccc2c(c1)C=C(c1ccccc1)C2)c1ccc(CC)cc1. The summed E-state index contributed by atoms with van der Waals surface area (Å²) in [6.45, 7) is 6.50. The van der Waals surface area contributed by atoms with Crippen LogP contribution in [-0.4, -0.2) is 0 Å². The molecule has 26 heavy (non-hydrogen) atoms. The van der Waals surface area contributed by atoms with Gasteiger partial charge in [0.25, 0.3) is 0 Å². The first-order valence-electron chi connectivity index (χ1n) is 9.38. The highest BCUT2D eigenvalue weighted by Gasteiger charge is 2.14. The molecule has 0 bridgehead atoms. The molecule has 0 aromatic heterocycles. The standard InChI is InChI=1S/C26H24/c1-3-20-9-12-22(13-10-20)19(2)15-21-11-14-24-17-26(18-25(24)16-21)23-7-5-4-6-8-23/h4-14,16,18H,2-3,15,17H2,1H3. The molecule has 0 atom stereocenters. The number of aryl methyl sites for hydroxylation is 1. The quantitative estimate of drug-likeness (QED) is 0.492. The molecule has 0 heterocycles. The fourth-order valence-corrected chi connectivity index (χ4v) is 3.66. The molecule has 0 aliphatic heterocycles. The lowest BCUT2D eigenvalue weighted by atomic mass is 9.96. The van der Waals surface area contributed by atoms with Gasteiger partial charge < -0.3 is 0 Å². The van der Waals surface area contributed by atoms with Crippen molar-refractivity contribution in [2.45, 2.75) is 26.2 Å². The number of allylic oxidation sites excluding steroid dienone is 2. The monoisotopic (exact) mass is 336 g/mol. The van der Waals surface area contributed by atoms with Gasteiger partial charge in [-0.3, -0.25) is 0 Å². The zero-order valence-electron chi connectivity index (χ0n) is 15.3. The van der Waals surface area contributed by atoms with E-state index in [9.17, 15) is 0 Å². The van der Waals surface area contributed by atoms with E-state index in [0.29, 0.717) is 0 Å². The van der Waals surface area contributed by atoms with Gasteiger partial charge in [-0.05, 0) is 63.8 Å². The van der Waals surface area contributed by atoms with Crippen LogP contribution in [0, 0.1) is 0 Å². The molecule has 1 aliphatic carbocycles. The molecule has 0 nitrogen and oxygen atoms in total. The predicted octanol–water partition coefficient (Wildman–Crippen LogP) is 6.60. The van der Waals surface area contributed by atoms with Crippen LogP contribution in [0.15, 0.2) is 79.4 Å². The van der Waals surface area contributed by atoms with Crippen molar-refractivity contribution in [1.82, 2.24) is 0 Å². The van der Waals surface area contributed by atoms with Crippen LogP contribution in [0.25, 0.3) is 17.2 Å². The third-order valence-electron chi connectivity index (χ3n) is 5.25. The predicted molar refractivity (Wildman–Crippen MR) is 113 cm³/mol. The molecule has 0 spiro atoms. The van der Waals surface area contributed by atoms with E-state index in [-0.39, 0.29) is 0 Å². The first-order valence-corrected chi connectivity index (χ1v) is 9.38. The minimum atomic E-state index is 0.896. The van der Waals surface area contributed by atoms with Crippen LogP contribution < -0.4 is 0 Å². The Morgan fingerprint density at radius 1 is 0.885 bits per heavy atom. The second kappa shape index (κ2) is 7.17. The molecular formula is C26H24. The Bertz CT molecular complexity index is 957. The number of hydrogen-bond acceptors (Lipinski definition) is 0. The van der Waals surface area contributed by atoms with Crippen molar-refractivity contribution in [3.05, 3.63) is 113 Å². The molecule has 0 saturated heterocycles. The number of rotatable bonds is 5. The van der Waals surface area contributed by atoms with Crippen LogP contribution in [0.2, 0.25) is 0 Å². The van der Waals surface area contributed by atoms with Gasteiger partial charge >= 0.3 is 0 Å². The number of hydrogen-bond donors (Lipinski definition) is 0. The topological polar surface area (TPSA) is 0 Å². The lowest BCUT2D eigenvalue weighted by molar-refractivity contribution is 1.14. The van der Waals surface area contributed by atoms with E-state index in [4.69, 9.17) is 0 Å². The summed E-state index contributed by atoms with van der Waals surface area (Å²) < 4.78 is 0. The van der Waals surface area contributed by atoms with E-state index in [2.05, 4.69) is 92.4 Å². The van der Waals surface area contributed by atoms with E-state index in [0.717, 1.165) is 19.3 Å². The molecular weight excluding hydrogens is 312 g/mol. The molecule has 4 rings (SSSR count). The van der Waals surface area contributed by atoms with Crippen LogP contribution in [-0.2, 0) is 19.3 Å². The van der Waals surface area contributed by atoms with Gasteiger partial charge in [-0.1, -0.05) is 92.4 Å². The summed E-state index contributed by atoms with van der Waals surface area (Å²) in [5.74, 6) is 0. The van der Waals surface area contributed by atoms with Gasteiger partial charge in [0.1, 0.15) is 0 Å². The summed E-state index contributed by atoms with van der Waals surface area (Å²) in [5, 5.41) is 0. The van der Waals surface area contributed by atoms with Crippen LogP contribution in [0.3, 0.4) is 0 Å². The molecule has 0 heteroatoms. The lowest BCUT2D eigenvalue weighted by Crippen LogP contribution is -1.92. The Hall–Kier alpha value is -2.86. The van der Waals surface area contributed by atoms with E-state index in [1.165, 1.54) is 44.5 Å². The summed E-state index contributed by atoms with van der Waals surface area (Å²) in [4.78, 5) is 0. The summed E-state index contributed by atoms with van der Waals surface area (Å²) in [7, 11) is 0. The number of benzene rings is 3. The minimum Gasteiger partial charge on any atom is -0.0949 e. The second-order valence-corrected chi connectivity index (χ2v) is 7.08. The maximum Gasteiger partial charge on any atom is -0.00137 e. The van der Waals surface area contributed by atoms with Crippen molar-refractivity contribution < 1.29 is 0 Å². The highest BCUT2D eigenvalue weighted by atomic mass is 14.2. The van der Waals surface area contributed by atoms with Gasteiger partial charge in [0, 0.05) is 0 Å². The van der Waals surface area contributed by atoms with E-state index >= 15 is 0 Å². The molecule has 1 aliphatic rings. The molecule has 0 amide bonds. The van der Waals surface area contributed by atoms with Crippen LogP contribution in [0.1, 0.15) is 40.3 Å². The zero-order valence-corrected chi connectivity index (χ0v) is 15.3.